The minimum absolute atomic E-state index is 0. The van der Waals surface area contributed by atoms with Crippen LogP contribution in [-0.2, 0) is 0 Å². The largest absolute Gasteiger partial charge is 2.00 e. The van der Waals surface area contributed by atoms with Crippen molar-refractivity contribution in [2.24, 2.45) is 0 Å². The van der Waals surface area contributed by atoms with E-state index in [1.54, 1.807) is 0 Å². The van der Waals surface area contributed by atoms with Crippen LogP contribution >= 0.6 is 15.9 Å². The molecule has 0 aliphatic rings. The van der Waals surface area contributed by atoms with Crippen molar-refractivity contribution in [2.75, 3.05) is 0 Å². The van der Waals surface area contributed by atoms with Crippen molar-refractivity contribution in [3.8, 4) is 0 Å². The molecule has 0 N–H and O–H groups in total. The summed E-state index contributed by atoms with van der Waals surface area (Å²) in [5, 5.41) is 0. The van der Waals surface area contributed by atoms with Gasteiger partial charge in [0, 0.05) is 0 Å². The first-order valence-electron chi connectivity index (χ1n) is 0.267. The SMILES string of the molecule is [CH2-]Br.[Cl-].[Mg+2]. The first kappa shape index (κ1) is 17.7. The van der Waals surface area contributed by atoms with Gasteiger partial charge in [-0.1, -0.05) is 0 Å². The average Bonchev–Trinajstić information content (AvgIpc) is 1.00. The van der Waals surface area contributed by atoms with Crippen molar-refractivity contribution < 1.29 is 12.4 Å². The van der Waals surface area contributed by atoms with Crippen molar-refractivity contribution in [3.63, 3.8) is 0 Å². The molecular weight excluding hydrogens is 152 g/mol. The minimum Gasteiger partial charge on any atom is -1.00 e. The van der Waals surface area contributed by atoms with E-state index in [9.17, 15) is 0 Å². The fraction of sp³-hybridized carbons (Fsp3) is 0. The quantitative estimate of drug-likeness (QED) is 0.274. The van der Waals surface area contributed by atoms with Gasteiger partial charge >= 0.3 is 23.1 Å². The van der Waals surface area contributed by atoms with Gasteiger partial charge in [-0.25, -0.2) is 0 Å². The van der Waals surface area contributed by atoms with E-state index in [0.29, 0.717) is 0 Å². The van der Waals surface area contributed by atoms with Gasteiger partial charge in [-0.15, -0.1) is 0 Å². The minimum atomic E-state index is 0. The third-order valence-corrected chi connectivity index (χ3v) is 0. The molecule has 0 spiro atoms. The van der Waals surface area contributed by atoms with E-state index in [4.69, 9.17) is 0 Å². The zero-order valence-electron chi connectivity index (χ0n) is 2.17. The molecule has 22 valence electrons. The van der Waals surface area contributed by atoms with Crippen molar-refractivity contribution >= 4 is 39.0 Å². The zero-order valence-corrected chi connectivity index (χ0v) is 5.93. The van der Waals surface area contributed by atoms with Crippen LogP contribution in [0.3, 0.4) is 0 Å². The standard InChI is InChI=1S/CH2Br.ClH.Mg/c1-2;;/h1H2;1H;/q-1;;+2/p-1. The summed E-state index contributed by atoms with van der Waals surface area (Å²) in [5.74, 6) is 3.06. The normalized spacial score (nSPS) is 1.50. The fourth-order valence-corrected chi connectivity index (χ4v) is 0. The van der Waals surface area contributed by atoms with Gasteiger partial charge < -0.3 is 28.3 Å². The topological polar surface area (TPSA) is 0 Å². The molecule has 0 saturated carbocycles. The van der Waals surface area contributed by atoms with Gasteiger partial charge in [0.05, 0.1) is 0 Å². The molecule has 0 heterocycles. The van der Waals surface area contributed by atoms with Gasteiger partial charge in [0.2, 0.25) is 0 Å². The molecule has 4 heavy (non-hydrogen) atoms. The molecule has 0 aromatic carbocycles. The van der Waals surface area contributed by atoms with Crippen LogP contribution in [0.25, 0.3) is 0 Å². The summed E-state index contributed by atoms with van der Waals surface area (Å²) in [6.07, 6.45) is 0. The molecule has 3 heteroatoms. The van der Waals surface area contributed by atoms with Crippen LogP contribution in [-0.4, -0.2) is 23.1 Å². The smallest absolute Gasteiger partial charge is 1.00 e. The predicted octanol–water partition coefficient (Wildman–Crippen LogP) is -2.20. The monoisotopic (exact) mass is 152 g/mol. The average molecular weight is 154 g/mol. The Morgan fingerprint density at radius 1 is 1.25 bits per heavy atom. The van der Waals surface area contributed by atoms with Crippen LogP contribution in [0.2, 0.25) is 0 Å². The summed E-state index contributed by atoms with van der Waals surface area (Å²) in [7, 11) is 0. The molecule has 0 bridgehead atoms. The maximum Gasteiger partial charge on any atom is 2.00 e. The van der Waals surface area contributed by atoms with Gasteiger partial charge in [-0.3, -0.25) is 5.83 Å². The molecule has 0 fully saturated rings. The van der Waals surface area contributed by atoms with Gasteiger partial charge in [-0.2, -0.15) is 0 Å². The summed E-state index contributed by atoms with van der Waals surface area (Å²) in [6.45, 7) is 0. The van der Waals surface area contributed by atoms with Crippen molar-refractivity contribution in [1.82, 2.24) is 0 Å². The maximum absolute atomic E-state index is 3.06. The van der Waals surface area contributed by atoms with E-state index in [2.05, 4.69) is 21.8 Å². The number of rotatable bonds is 0. The maximum atomic E-state index is 3.06. The van der Waals surface area contributed by atoms with Crippen molar-refractivity contribution in [2.45, 2.75) is 0 Å². The molecule has 0 radical (unpaired) electrons. The summed E-state index contributed by atoms with van der Waals surface area (Å²) in [6, 6.07) is 0. The Kier molecular flexibility index (Phi) is 106. The van der Waals surface area contributed by atoms with Crippen LogP contribution in [0.5, 0.6) is 0 Å². The van der Waals surface area contributed by atoms with E-state index in [1.807, 2.05) is 0 Å². The fourth-order valence-electron chi connectivity index (χ4n) is 0. The molecule has 0 rings (SSSR count). The Hall–Kier alpha value is 1.54. The van der Waals surface area contributed by atoms with E-state index in [1.165, 1.54) is 0 Å². The van der Waals surface area contributed by atoms with Crippen LogP contribution in [0.15, 0.2) is 0 Å². The summed E-state index contributed by atoms with van der Waals surface area (Å²) in [5.41, 5.74) is 0. The van der Waals surface area contributed by atoms with Gasteiger partial charge in [0.25, 0.3) is 0 Å². The third kappa shape index (κ3) is 9.64. The Labute approximate surface area is 57.0 Å². The Balaban J connectivity index is -0.00000000500. The molecular formula is CH2BrClMg. The summed E-state index contributed by atoms with van der Waals surface area (Å²) >= 11 is 2.69. The van der Waals surface area contributed by atoms with Crippen molar-refractivity contribution in [3.05, 3.63) is 5.83 Å². The first-order valence-corrected chi connectivity index (χ1v) is 1.39. The van der Waals surface area contributed by atoms with E-state index >= 15 is 0 Å². The number of halogens is 2. The van der Waals surface area contributed by atoms with Gasteiger partial charge in [-0.05, 0) is 0 Å². The van der Waals surface area contributed by atoms with E-state index < -0.39 is 0 Å². The van der Waals surface area contributed by atoms with Crippen LogP contribution in [0.1, 0.15) is 0 Å². The Bertz CT molecular complexity index is 8.00. The molecule has 0 aliphatic heterocycles. The first-order chi connectivity index (χ1) is 1.00. The third-order valence-electron chi connectivity index (χ3n) is 0. The molecule has 0 amide bonds. The summed E-state index contributed by atoms with van der Waals surface area (Å²) < 4.78 is 0. The molecule has 0 saturated heterocycles. The molecule has 0 aromatic rings. The number of hydrogen-bond acceptors (Lipinski definition) is 0. The predicted molar refractivity (Wildman–Crippen MR) is 20.0 cm³/mol. The van der Waals surface area contributed by atoms with Gasteiger partial charge in [0.15, 0.2) is 0 Å². The van der Waals surface area contributed by atoms with E-state index in [0.717, 1.165) is 0 Å². The second-order valence-electron chi connectivity index (χ2n) is 0. The molecule has 0 atom stereocenters. The van der Waals surface area contributed by atoms with Gasteiger partial charge in [0.1, 0.15) is 0 Å². The Morgan fingerprint density at radius 3 is 1.25 bits per heavy atom. The van der Waals surface area contributed by atoms with Crippen LogP contribution in [0, 0.1) is 5.83 Å². The van der Waals surface area contributed by atoms with Crippen LogP contribution < -0.4 is 12.4 Å². The second kappa shape index (κ2) is 24.0. The van der Waals surface area contributed by atoms with Crippen molar-refractivity contribution in [1.29, 1.82) is 0 Å². The molecule has 0 nitrogen and oxygen atoms in total. The Morgan fingerprint density at radius 2 is 1.25 bits per heavy atom. The molecule has 0 aromatic heterocycles. The number of hydrogen-bond donors (Lipinski definition) is 0. The van der Waals surface area contributed by atoms with E-state index in [-0.39, 0.29) is 35.5 Å². The second-order valence-corrected chi connectivity index (χ2v) is 0. The molecule has 0 aliphatic carbocycles. The summed E-state index contributed by atoms with van der Waals surface area (Å²) in [4.78, 5) is 0. The van der Waals surface area contributed by atoms with Crippen LogP contribution in [0.4, 0.5) is 0 Å². The molecule has 0 unspecified atom stereocenters. The zero-order chi connectivity index (χ0) is 2.00.